The third kappa shape index (κ3) is 5.18. The van der Waals surface area contributed by atoms with E-state index in [2.05, 4.69) is 20.3 Å². The number of methoxy groups -OCH3 is 1. The van der Waals surface area contributed by atoms with E-state index < -0.39 is 12.1 Å². The number of ether oxygens (including phenoxy) is 1. The number of aromatic nitrogens is 3. The summed E-state index contributed by atoms with van der Waals surface area (Å²) in [6, 6.07) is 1.63. The van der Waals surface area contributed by atoms with E-state index in [9.17, 15) is 14.7 Å². The molecule has 0 unspecified atom stereocenters. The first kappa shape index (κ1) is 24.4. The number of carbonyl (C=O) groups is 2. The summed E-state index contributed by atoms with van der Waals surface area (Å²) in [5, 5.41) is 22.3. The fourth-order valence-corrected chi connectivity index (χ4v) is 4.53. The zero-order valence-electron chi connectivity index (χ0n) is 20.2. The Balaban J connectivity index is 1.78. The Morgan fingerprint density at radius 1 is 1.17 bits per heavy atom. The molecule has 2 fully saturated rings. The van der Waals surface area contributed by atoms with Gasteiger partial charge in [-0.1, -0.05) is 19.3 Å². The highest BCUT2D eigenvalue weighted by atomic mass is 16.5. The lowest BCUT2D eigenvalue weighted by Gasteiger charge is -2.39. The molecule has 1 aliphatic heterocycles. The zero-order valence-corrected chi connectivity index (χ0v) is 20.2. The molecule has 0 spiro atoms. The van der Waals surface area contributed by atoms with E-state index >= 15 is 0 Å². The maximum atomic E-state index is 12.0. The number of nitrogens with zero attached hydrogens (tertiary/aromatic N) is 5. The molecular weight excluding hydrogens is 450 g/mol. The first-order valence-corrected chi connectivity index (χ1v) is 11.7. The van der Waals surface area contributed by atoms with Crippen LogP contribution < -0.4 is 10.2 Å². The predicted octanol–water partition coefficient (Wildman–Crippen LogP) is 3.11. The van der Waals surface area contributed by atoms with Crippen molar-refractivity contribution in [3.63, 3.8) is 0 Å². The largest absolute Gasteiger partial charge is 0.477 e. The van der Waals surface area contributed by atoms with Crippen LogP contribution in [0.25, 0.3) is 11.1 Å². The van der Waals surface area contributed by atoms with E-state index in [-0.39, 0.29) is 17.7 Å². The average molecular weight is 482 g/mol. The molecule has 2 aromatic heterocycles. The Labute approximate surface area is 204 Å². The summed E-state index contributed by atoms with van der Waals surface area (Å²) < 4.78 is 4.78. The van der Waals surface area contributed by atoms with Gasteiger partial charge < -0.3 is 30.4 Å². The number of pyridine rings is 1. The van der Waals surface area contributed by atoms with E-state index in [4.69, 9.17) is 10.1 Å². The van der Waals surface area contributed by atoms with Gasteiger partial charge in [0.2, 0.25) is 5.95 Å². The molecule has 3 heterocycles. The van der Waals surface area contributed by atoms with E-state index in [0.29, 0.717) is 47.3 Å². The third-order valence-corrected chi connectivity index (χ3v) is 6.53. The number of hydrogen-bond acceptors (Lipinski definition) is 9. The van der Waals surface area contributed by atoms with Crippen LogP contribution in [0.15, 0.2) is 18.5 Å². The van der Waals surface area contributed by atoms with Gasteiger partial charge in [-0.3, -0.25) is 0 Å². The van der Waals surface area contributed by atoms with Crippen molar-refractivity contribution in [1.29, 1.82) is 5.41 Å². The smallest absolute Gasteiger partial charge is 0.409 e. The highest BCUT2D eigenvalue weighted by Crippen LogP contribution is 2.35. The van der Waals surface area contributed by atoms with E-state index in [1.54, 1.807) is 17.3 Å². The lowest BCUT2D eigenvalue weighted by atomic mass is 9.86. The fourth-order valence-electron chi connectivity index (χ4n) is 4.53. The molecule has 11 nitrogen and oxygen atoms in total. The van der Waals surface area contributed by atoms with Crippen molar-refractivity contribution in [3.8, 4) is 11.1 Å². The summed E-state index contributed by atoms with van der Waals surface area (Å²) >= 11 is 0. The molecule has 0 radical (unpaired) electrons. The maximum Gasteiger partial charge on any atom is 0.409 e. The monoisotopic (exact) mass is 481 g/mol. The van der Waals surface area contributed by atoms with Crippen molar-refractivity contribution in [2.45, 2.75) is 38.1 Å². The van der Waals surface area contributed by atoms with Crippen LogP contribution in [0, 0.1) is 11.3 Å². The van der Waals surface area contributed by atoms with Crippen LogP contribution in [0.5, 0.6) is 0 Å². The molecule has 0 bridgehead atoms. The number of carboxylic acid groups (broad SMARTS) is 1. The number of aromatic carboxylic acids is 1. The van der Waals surface area contributed by atoms with Crippen molar-refractivity contribution in [3.05, 3.63) is 29.7 Å². The predicted molar refractivity (Wildman–Crippen MR) is 131 cm³/mol. The van der Waals surface area contributed by atoms with Gasteiger partial charge in [0.05, 0.1) is 7.11 Å². The van der Waals surface area contributed by atoms with Gasteiger partial charge in [-0.2, -0.15) is 0 Å². The number of nitrogens with one attached hydrogen (secondary N) is 2. The quantitative estimate of drug-likeness (QED) is 0.508. The molecule has 186 valence electrons. The van der Waals surface area contributed by atoms with Crippen molar-refractivity contribution < 1.29 is 19.4 Å². The molecule has 0 atom stereocenters. The van der Waals surface area contributed by atoms with Gasteiger partial charge in [0.1, 0.15) is 5.82 Å². The van der Waals surface area contributed by atoms with Crippen LogP contribution in [-0.2, 0) is 4.74 Å². The second-order valence-electron chi connectivity index (χ2n) is 9.21. The first-order chi connectivity index (χ1) is 16.8. The van der Waals surface area contributed by atoms with Gasteiger partial charge in [-0.25, -0.2) is 24.5 Å². The van der Waals surface area contributed by atoms with Gasteiger partial charge in [0, 0.05) is 68.4 Å². The van der Waals surface area contributed by atoms with Crippen molar-refractivity contribution in [1.82, 2.24) is 19.9 Å². The SMILES string of the molecule is COC(=O)N1CC(C(=N)c2c(-c3cnc(N(C)C)nc3)cc(C(=O)O)nc2NC2CCCCC2)C1. The Morgan fingerprint density at radius 3 is 2.40 bits per heavy atom. The van der Waals surface area contributed by atoms with Gasteiger partial charge in [-0.15, -0.1) is 0 Å². The Kier molecular flexibility index (Phi) is 7.13. The molecule has 1 aliphatic carbocycles. The Hall–Kier alpha value is -3.76. The minimum absolute atomic E-state index is 0.114. The maximum absolute atomic E-state index is 12.0. The zero-order chi connectivity index (χ0) is 25.1. The van der Waals surface area contributed by atoms with Crippen molar-refractivity contribution in [2.24, 2.45) is 5.92 Å². The van der Waals surface area contributed by atoms with Gasteiger partial charge in [0.15, 0.2) is 5.69 Å². The van der Waals surface area contributed by atoms with E-state index in [1.807, 2.05) is 14.1 Å². The second kappa shape index (κ2) is 10.2. The molecule has 0 aromatic carbocycles. The fraction of sp³-hybridized carbons (Fsp3) is 0.500. The van der Waals surface area contributed by atoms with Gasteiger partial charge in [-0.05, 0) is 24.5 Å². The van der Waals surface area contributed by atoms with E-state index in [1.165, 1.54) is 24.5 Å². The van der Waals surface area contributed by atoms with E-state index in [0.717, 1.165) is 25.7 Å². The highest BCUT2D eigenvalue weighted by Gasteiger charge is 2.37. The third-order valence-electron chi connectivity index (χ3n) is 6.53. The molecular formula is C24H31N7O4. The molecule has 1 saturated heterocycles. The topological polar surface area (TPSA) is 145 Å². The Bertz CT molecular complexity index is 1110. The highest BCUT2D eigenvalue weighted by molar-refractivity contribution is 6.11. The summed E-state index contributed by atoms with van der Waals surface area (Å²) in [6.45, 7) is 0.704. The lowest BCUT2D eigenvalue weighted by molar-refractivity contribution is 0.0690. The lowest BCUT2D eigenvalue weighted by Crippen LogP contribution is -2.53. The van der Waals surface area contributed by atoms with Crippen LogP contribution in [0.4, 0.5) is 16.6 Å². The number of rotatable bonds is 7. The van der Waals surface area contributed by atoms with Crippen molar-refractivity contribution >= 4 is 29.5 Å². The van der Waals surface area contributed by atoms with Crippen LogP contribution >= 0.6 is 0 Å². The number of carbonyl (C=O) groups excluding carboxylic acids is 1. The molecule has 1 amide bonds. The Morgan fingerprint density at radius 2 is 1.83 bits per heavy atom. The number of likely N-dealkylation sites (tertiary alicyclic amines) is 1. The normalized spacial score (nSPS) is 16.4. The standard InChI is InChI=1S/C24H31N7O4/c1-30(2)23-26-10-14(11-27-23)17-9-18(22(32)33)29-21(28-16-7-5-4-6-8-16)19(17)20(25)15-12-31(13-15)24(34)35-3/h9-11,15-16,25H,4-8,12-13H2,1-3H3,(H,28,29)(H,32,33). The van der Waals surface area contributed by atoms with Crippen LogP contribution in [0.1, 0.15) is 48.2 Å². The molecule has 35 heavy (non-hydrogen) atoms. The summed E-state index contributed by atoms with van der Waals surface area (Å²) in [7, 11) is 5.00. The molecule has 11 heteroatoms. The van der Waals surface area contributed by atoms with Gasteiger partial charge in [0.25, 0.3) is 0 Å². The van der Waals surface area contributed by atoms with Crippen LogP contribution in [0.2, 0.25) is 0 Å². The second-order valence-corrected chi connectivity index (χ2v) is 9.21. The minimum Gasteiger partial charge on any atom is -0.477 e. The first-order valence-electron chi connectivity index (χ1n) is 11.7. The van der Waals surface area contributed by atoms with Crippen molar-refractivity contribution in [2.75, 3.05) is 44.5 Å². The van der Waals surface area contributed by atoms with Crippen LogP contribution in [0.3, 0.4) is 0 Å². The molecule has 2 aliphatic rings. The number of amides is 1. The molecule has 4 rings (SSSR count). The summed E-state index contributed by atoms with van der Waals surface area (Å²) in [5.41, 5.74) is 1.82. The molecule has 1 saturated carbocycles. The number of anilines is 2. The average Bonchev–Trinajstić information content (AvgIpc) is 2.83. The number of carboxylic acids is 1. The minimum atomic E-state index is -1.15. The number of hydrogen-bond donors (Lipinski definition) is 3. The van der Waals surface area contributed by atoms with Gasteiger partial charge >= 0.3 is 12.1 Å². The molecule has 3 N–H and O–H groups in total. The molecule has 2 aromatic rings. The summed E-state index contributed by atoms with van der Waals surface area (Å²) in [4.78, 5) is 40.3. The summed E-state index contributed by atoms with van der Waals surface area (Å²) in [6.07, 6.45) is 8.11. The summed E-state index contributed by atoms with van der Waals surface area (Å²) in [5.74, 6) is -0.474. The van der Waals surface area contributed by atoms with Crippen LogP contribution in [-0.4, -0.2) is 83.1 Å².